The molecule has 0 amide bonds. The second kappa shape index (κ2) is 5.45. The van der Waals surface area contributed by atoms with Crippen molar-refractivity contribution in [1.82, 2.24) is 10.2 Å². The van der Waals surface area contributed by atoms with Gasteiger partial charge in [-0.05, 0) is 17.7 Å². The van der Waals surface area contributed by atoms with E-state index in [1.165, 1.54) is 0 Å². The number of benzene rings is 1. The third kappa shape index (κ3) is 2.82. The predicted octanol–water partition coefficient (Wildman–Crippen LogP) is 0.856. The lowest BCUT2D eigenvalue weighted by Crippen LogP contribution is -2.49. The van der Waals surface area contributed by atoms with Crippen LogP contribution in [0.25, 0.3) is 0 Å². The van der Waals surface area contributed by atoms with Crippen molar-refractivity contribution < 1.29 is 0 Å². The second-order valence-electron chi connectivity index (χ2n) is 4.13. The molecule has 1 N–H and O–H groups in total. The van der Waals surface area contributed by atoms with Gasteiger partial charge in [0.05, 0.1) is 17.7 Å². The Labute approximate surface area is 101 Å². The van der Waals surface area contributed by atoms with E-state index in [1.807, 2.05) is 18.2 Å². The van der Waals surface area contributed by atoms with Gasteiger partial charge in [-0.2, -0.15) is 10.5 Å². The second-order valence-corrected chi connectivity index (χ2v) is 4.13. The van der Waals surface area contributed by atoms with E-state index >= 15 is 0 Å². The molecule has 1 heterocycles. The maximum Gasteiger partial charge on any atom is 0.111 e. The first-order chi connectivity index (χ1) is 8.33. The lowest BCUT2D eigenvalue weighted by atomic mass is 10.1. The topological polar surface area (TPSA) is 62.9 Å². The largest absolute Gasteiger partial charge is 0.313 e. The Kier molecular flexibility index (Phi) is 3.72. The van der Waals surface area contributed by atoms with Crippen molar-refractivity contribution in [3.05, 3.63) is 35.4 Å². The summed E-state index contributed by atoms with van der Waals surface area (Å²) in [6.07, 6.45) is 0. The van der Waals surface area contributed by atoms with Crippen molar-refractivity contribution in [1.29, 1.82) is 10.5 Å². The molecule has 1 saturated heterocycles. The van der Waals surface area contributed by atoms with Gasteiger partial charge in [0, 0.05) is 26.2 Å². The zero-order valence-electron chi connectivity index (χ0n) is 9.56. The summed E-state index contributed by atoms with van der Waals surface area (Å²) in [5.41, 5.74) is 1.76. The normalized spacial score (nSPS) is 20.5. The predicted molar refractivity (Wildman–Crippen MR) is 63.8 cm³/mol. The van der Waals surface area contributed by atoms with Gasteiger partial charge >= 0.3 is 0 Å². The van der Waals surface area contributed by atoms with E-state index in [4.69, 9.17) is 10.5 Å². The first kappa shape index (κ1) is 11.6. The molecule has 86 valence electrons. The molecule has 1 aromatic rings. The van der Waals surface area contributed by atoms with Crippen molar-refractivity contribution in [2.24, 2.45) is 0 Å². The van der Waals surface area contributed by atoms with Crippen LogP contribution in [0, 0.1) is 22.7 Å². The van der Waals surface area contributed by atoms with Crippen molar-refractivity contribution in [2.45, 2.75) is 12.6 Å². The molecule has 0 saturated carbocycles. The Balaban J connectivity index is 2.09. The fraction of sp³-hybridized carbons (Fsp3) is 0.385. The SMILES string of the molecule is N#Cc1cccc(CN2CCNCC2C#N)c1. The third-order valence-electron chi connectivity index (χ3n) is 2.95. The number of hydrogen-bond acceptors (Lipinski definition) is 4. The van der Waals surface area contributed by atoms with Crippen LogP contribution in [0.5, 0.6) is 0 Å². The molecule has 17 heavy (non-hydrogen) atoms. The van der Waals surface area contributed by atoms with E-state index in [2.05, 4.69) is 22.4 Å². The number of nitrogens with zero attached hydrogens (tertiary/aromatic N) is 3. The standard InChI is InChI=1S/C13H14N4/c14-7-11-2-1-3-12(6-11)10-17-5-4-16-9-13(17)8-15/h1-3,6,13,16H,4-5,9-10H2. The van der Waals surface area contributed by atoms with Crippen LogP contribution in [0.15, 0.2) is 24.3 Å². The Morgan fingerprint density at radius 2 is 2.29 bits per heavy atom. The fourth-order valence-corrected chi connectivity index (χ4v) is 2.04. The van der Waals surface area contributed by atoms with E-state index in [-0.39, 0.29) is 6.04 Å². The molecule has 1 fully saturated rings. The number of hydrogen-bond donors (Lipinski definition) is 1. The number of nitrogens with one attached hydrogen (secondary N) is 1. The molecule has 0 radical (unpaired) electrons. The summed E-state index contributed by atoms with van der Waals surface area (Å²) in [5.74, 6) is 0. The van der Waals surface area contributed by atoms with Crippen molar-refractivity contribution in [3.8, 4) is 12.1 Å². The number of rotatable bonds is 2. The van der Waals surface area contributed by atoms with Crippen LogP contribution in [0.1, 0.15) is 11.1 Å². The highest BCUT2D eigenvalue weighted by atomic mass is 15.2. The van der Waals surface area contributed by atoms with Gasteiger partial charge in [0.1, 0.15) is 6.04 Å². The highest BCUT2D eigenvalue weighted by Crippen LogP contribution is 2.11. The minimum absolute atomic E-state index is 0.0745. The lowest BCUT2D eigenvalue weighted by molar-refractivity contribution is 0.189. The molecule has 1 aliphatic heterocycles. The van der Waals surface area contributed by atoms with E-state index in [0.29, 0.717) is 12.1 Å². The van der Waals surface area contributed by atoms with Gasteiger partial charge in [0.25, 0.3) is 0 Å². The monoisotopic (exact) mass is 226 g/mol. The van der Waals surface area contributed by atoms with E-state index in [9.17, 15) is 0 Å². The summed E-state index contributed by atoms with van der Waals surface area (Å²) in [6.45, 7) is 3.23. The summed E-state index contributed by atoms with van der Waals surface area (Å²) >= 11 is 0. The Hall–Kier alpha value is -1.88. The van der Waals surface area contributed by atoms with Gasteiger partial charge in [-0.25, -0.2) is 0 Å². The molecule has 1 atom stereocenters. The number of nitriles is 2. The summed E-state index contributed by atoms with van der Waals surface area (Å²) in [6, 6.07) is 11.9. The van der Waals surface area contributed by atoms with Crippen molar-refractivity contribution in [3.63, 3.8) is 0 Å². The molecule has 2 rings (SSSR count). The minimum atomic E-state index is -0.0745. The molecule has 0 aromatic heterocycles. The highest BCUT2D eigenvalue weighted by molar-refractivity contribution is 5.32. The lowest BCUT2D eigenvalue weighted by Gasteiger charge is -2.31. The van der Waals surface area contributed by atoms with Crippen LogP contribution < -0.4 is 5.32 Å². The average molecular weight is 226 g/mol. The smallest absolute Gasteiger partial charge is 0.111 e. The molecule has 4 heteroatoms. The van der Waals surface area contributed by atoms with Gasteiger partial charge in [-0.15, -0.1) is 0 Å². The van der Waals surface area contributed by atoms with Crippen molar-refractivity contribution in [2.75, 3.05) is 19.6 Å². The highest BCUT2D eigenvalue weighted by Gasteiger charge is 2.21. The molecule has 4 nitrogen and oxygen atoms in total. The van der Waals surface area contributed by atoms with Crippen LogP contribution in [0.2, 0.25) is 0 Å². The summed E-state index contributed by atoms with van der Waals surface area (Å²) in [5, 5.41) is 21.1. The minimum Gasteiger partial charge on any atom is -0.313 e. The zero-order valence-corrected chi connectivity index (χ0v) is 9.56. The first-order valence-electron chi connectivity index (χ1n) is 5.67. The molecule has 1 unspecified atom stereocenters. The van der Waals surface area contributed by atoms with Gasteiger partial charge in [0.15, 0.2) is 0 Å². The van der Waals surface area contributed by atoms with Gasteiger partial charge in [-0.3, -0.25) is 4.90 Å². The molecule has 0 bridgehead atoms. The molecular formula is C13H14N4. The van der Waals surface area contributed by atoms with Gasteiger partial charge in [0.2, 0.25) is 0 Å². The maximum atomic E-state index is 9.06. The molecule has 0 aliphatic carbocycles. The van der Waals surface area contributed by atoms with Gasteiger partial charge in [-0.1, -0.05) is 12.1 Å². The molecular weight excluding hydrogens is 212 g/mol. The summed E-state index contributed by atoms with van der Waals surface area (Å²) in [7, 11) is 0. The fourth-order valence-electron chi connectivity index (χ4n) is 2.04. The third-order valence-corrected chi connectivity index (χ3v) is 2.95. The van der Waals surface area contributed by atoms with Crippen LogP contribution in [0.3, 0.4) is 0 Å². The quantitative estimate of drug-likeness (QED) is 0.812. The van der Waals surface area contributed by atoms with E-state index < -0.39 is 0 Å². The average Bonchev–Trinajstić information content (AvgIpc) is 2.39. The summed E-state index contributed by atoms with van der Waals surface area (Å²) < 4.78 is 0. The Morgan fingerprint density at radius 1 is 1.41 bits per heavy atom. The molecule has 1 aromatic carbocycles. The van der Waals surface area contributed by atoms with E-state index in [0.717, 1.165) is 25.2 Å². The molecule has 0 spiro atoms. The zero-order chi connectivity index (χ0) is 12.1. The maximum absolute atomic E-state index is 9.06. The van der Waals surface area contributed by atoms with E-state index in [1.54, 1.807) is 6.07 Å². The van der Waals surface area contributed by atoms with Gasteiger partial charge < -0.3 is 5.32 Å². The summed E-state index contributed by atoms with van der Waals surface area (Å²) in [4.78, 5) is 2.15. The Morgan fingerprint density at radius 3 is 3.06 bits per heavy atom. The Bertz CT molecular complexity index is 469. The van der Waals surface area contributed by atoms with Crippen LogP contribution in [0.4, 0.5) is 0 Å². The number of piperazine rings is 1. The van der Waals surface area contributed by atoms with Crippen molar-refractivity contribution >= 4 is 0 Å². The first-order valence-corrected chi connectivity index (χ1v) is 5.67. The molecule has 1 aliphatic rings. The van der Waals surface area contributed by atoms with Crippen LogP contribution >= 0.6 is 0 Å². The van der Waals surface area contributed by atoms with Crippen LogP contribution in [-0.2, 0) is 6.54 Å². The van der Waals surface area contributed by atoms with Crippen LogP contribution in [-0.4, -0.2) is 30.6 Å².